The minimum Gasteiger partial charge on any atom is -0.481 e. The fourth-order valence-corrected chi connectivity index (χ4v) is 1.66. The number of nitrogens with one attached hydrogen (secondary N) is 3. The van der Waals surface area contributed by atoms with Gasteiger partial charge in [0.1, 0.15) is 18.6 Å². The number of hydrogen-bond donors (Lipinski definition) is 7. The van der Waals surface area contributed by atoms with Crippen LogP contribution in [0.5, 0.6) is 0 Å². The van der Waals surface area contributed by atoms with E-state index in [2.05, 4.69) is 5.32 Å². The largest absolute Gasteiger partial charge is 0.481 e. The first-order valence-electron chi connectivity index (χ1n) is 7.30. The first-order valence-corrected chi connectivity index (χ1v) is 7.30. The van der Waals surface area contributed by atoms with Gasteiger partial charge in [0.25, 0.3) is 0 Å². The quantitative estimate of drug-likeness (QED) is 0.185. The second-order valence-corrected chi connectivity index (χ2v) is 5.29. The number of primary amides is 1. The molecule has 4 amide bonds. The molecular formula is C13H21N5O8. The zero-order valence-electron chi connectivity index (χ0n) is 13.9. The lowest BCUT2D eigenvalue weighted by Crippen LogP contribution is -2.56. The molecule has 0 aliphatic rings. The molecule has 13 nitrogen and oxygen atoms in total. The summed E-state index contributed by atoms with van der Waals surface area (Å²) in [6.45, 7) is 0.526. The van der Waals surface area contributed by atoms with Crippen LogP contribution in [0, 0.1) is 0 Å². The Morgan fingerprint density at radius 3 is 1.77 bits per heavy atom. The number of carboxylic acid groups (broad SMARTS) is 2. The first-order chi connectivity index (χ1) is 11.9. The van der Waals surface area contributed by atoms with E-state index >= 15 is 0 Å². The molecule has 0 aromatic carbocycles. The summed E-state index contributed by atoms with van der Waals surface area (Å²) < 4.78 is 0. The fraction of sp³-hybridized carbons (Fsp3) is 0.538. The lowest BCUT2D eigenvalue weighted by molar-refractivity contribution is -0.142. The van der Waals surface area contributed by atoms with Gasteiger partial charge in [0.15, 0.2) is 0 Å². The Kier molecular flexibility index (Phi) is 9.29. The predicted octanol–water partition coefficient (Wildman–Crippen LogP) is -4.15. The maximum atomic E-state index is 12.2. The number of hydrogen-bond acceptors (Lipinski definition) is 7. The Hall–Kier alpha value is -3.22. The third-order valence-corrected chi connectivity index (χ3v) is 2.88. The second-order valence-electron chi connectivity index (χ2n) is 5.29. The Bertz CT molecular complexity index is 591. The zero-order chi connectivity index (χ0) is 20.4. The molecule has 0 saturated carbocycles. The summed E-state index contributed by atoms with van der Waals surface area (Å²) in [5.41, 5.74) is 10.3. The van der Waals surface area contributed by atoms with Crippen molar-refractivity contribution in [2.24, 2.45) is 11.5 Å². The van der Waals surface area contributed by atoms with Crippen molar-refractivity contribution in [2.75, 3.05) is 6.54 Å². The van der Waals surface area contributed by atoms with Crippen LogP contribution < -0.4 is 27.4 Å². The number of carbonyl (C=O) groups is 6. The summed E-state index contributed by atoms with van der Waals surface area (Å²) in [7, 11) is 0. The molecule has 13 heteroatoms. The average molecular weight is 375 g/mol. The number of amides is 4. The highest BCUT2D eigenvalue weighted by atomic mass is 16.4. The van der Waals surface area contributed by atoms with E-state index in [0.717, 1.165) is 0 Å². The smallest absolute Gasteiger partial charge is 0.322 e. The van der Waals surface area contributed by atoms with Crippen molar-refractivity contribution in [1.82, 2.24) is 16.0 Å². The van der Waals surface area contributed by atoms with Crippen LogP contribution >= 0.6 is 0 Å². The van der Waals surface area contributed by atoms with Gasteiger partial charge < -0.3 is 37.6 Å². The van der Waals surface area contributed by atoms with Gasteiger partial charge in [0.05, 0.1) is 18.9 Å². The Balaban J connectivity index is 5.20. The molecule has 0 radical (unpaired) electrons. The van der Waals surface area contributed by atoms with Crippen LogP contribution in [0.25, 0.3) is 0 Å². The van der Waals surface area contributed by atoms with E-state index < -0.39 is 73.1 Å². The molecule has 0 aliphatic carbocycles. The number of nitrogens with two attached hydrogens (primary N) is 2. The van der Waals surface area contributed by atoms with Crippen molar-refractivity contribution < 1.29 is 39.0 Å². The SMILES string of the molecule is CC(N)C(=O)NC(CC(N)=O)C(=O)NC(CC(=O)O)C(=O)NCC(=O)O. The van der Waals surface area contributed by atoms with Crippen molar-refractivity contribution in [3.63, 3.8) is 0 Å². The second kappa shape index (κ2) is 10.6. The summed E-state index contributed by atoms with van der Waals surface area (Å²) in [6.07, 6.45) is -1.48. The van der Waals surface area contributed by atoms with Gasteiger partial charge in [-0.25, -0.2) is 0 Å². The van der Waals surface area contributed by atoms with Crippen molar-refractivity contribution in [3.05, 3.63) is 0 Å². The van der Waals surface area contributed by atoms with E-state index in [9.17, 15) is 28.8 Å². The Morgan fingerprint density at radius 2 is 1.35 bits per heavy atom. The van der Waals surface area contributed by atoms with E-state index in [1.807, 2.05) is 10.6 Å². The van der Waals surface area contributed by atoms with Crippen molar-refractivity contribution in [1.29, 1.82) is 0 Å². The highest BCUT2D eigenvalue weighted by molar-refractivity contribution is 5.96. The maximum Gasteiger partial charge on any atom is 0.322 e. The van der Waals surface area contributed by atoms with E-state index in [1.165, 1.54) is 6.92 Å². The molecule has 0 spiro atoms. The van der Waals surface area contributed by atoms with E-state index in [-0.39, 0.29) is 0 Å². The van der Waals surface area contributed by atoms with E-state index in [1.54, 1.807) is 0 Å². The summed E-state index contributed by atoms with van der Waals surface area (Å²) in [5.74, 6) is -6.69. The van der Waals surface area contributed by atoms with Crippen LogP contribution in [0.1, 0.15) is 19.8 Å². The molecule has 0 saturated heterocycles. The maximum absolute atomic E-state index is 12.2. The molecule has 3 unspecified atom stereocenters. The van der Waals surface area contributed by atoms with Gasteiger partial charge in [-0.2, -0.15) is 0 Å². The molecule has 0 rings (SSSR count). The molecule has 26 heavy (non-hydrogen) atoms. The van der Waals surface area contributed by atoms with Crippen LogP contribution in [-0.2, 0) is 28.8 Å². The molecule has 0 fully saturated rings. The van der Waals surface area contributed by atoms with Crippen molar-refractivity contribution >= 4 is 35.6 Å². The van der Waals surface area contributed by atoms with Crippen molar-refractivity contribution in [2.45, 2.75) is 37.9 Å². The predicted molar refractivity (Wildman–Crippen MR) is 84.2 cm³/mol. The highest BCUT2D eigenvalue weighted by Gasteiger charge is 2.30. The van der Waals surface area contributed by atoms with Crippen LogP contribution in [-0.4, -0.2) is 70.5 Å². The lowest BCUT2D eigenvalue weighted by atomic mass is 10.1. The van der Waals surface area contributed by atoms with Gasteiger partial charge in [-0.15, -0.1) is 0 Å². The van der Waals surface area contributed by atoms with E-state index in [0.29, 0.717) is 0 Å². The molecule has 0 aromatic heterocycles. The molecular weight excluding hydrogens is 354 g/mol. The summed E-state index contributed by atoms with van der Waals surface area (Å²) >= 11 is 0. The van der Waals surface area contributed by atoms with Crippen molar-refractivity contribution in [3.8, 4) is 0 Å². The van der Waals surface area contributed by atoms with E-state index in [4.69, 9.17) is 21.7 Å². The molecule has 146 valence electrons. The number of rotatable bonds is 11. The molecule has 9 N–H and O–H groups in total. The van der Waals surface area contributed by atoms with Crippen LogP contribution in [0.4, 0.5) is 0 Å². The molecule has 0 heterocycles. The summed E-state index contributed by atoms with van der Waals surface area (Å²) in [6, 6.07) is -4.14. The molecule has 0 aromatic rings. The molecule has 3 atom stereocenters. The topological polar surface area (TPSA) is 231 Å². The minimum absolute atomic E-state index is 0.624. The van der Waals surface area contributed by atoms with Gasteiger partial charge in [0, 0.05) is 0 Å². The third-order valence-electron chi connectivity index (χ3n) is 2.88. The van der Waals surface area contributed by atoms with Crippen LogP contribution in [0.3, 0.4) is 0 Å². The minimum atomic E-state index is -1.64. The van der Waals surface area contributed by atoms with Gasteiger partial charge in [-0.05, 0) is 6.92 Å². The standard InChI is InChI=1S/C13H21N5O8/c1-5(14)11(24)17-6(2-8(15)19)13(26)18-7(3-9(20)21)12(25)16-4-10(22)23/h5-7H,2-4,14H2,1H3,(H2,15,19)(H,16,25)(H,17,24)(H,18,26)(H,20,21)(H,22,23). The lowest BCUT2D eigenvalue weighted by Gasteiger charge is -2.22. The third kappa shape index (κ3) is 9.17. The van der Waals surface area contributed by atoms with Crippen LogP contribution in [0.2, 0.25) is 0 Å². The highest BCUT2D eigenvalue weighted by Crippen LogP contribution is 1.99. The summed E-state index contributed by atoms with van der Waals surface area (Å²) in [5, 5.41) is 23.4. The fourth-order valence-electron chi connectivity index (χ4n) is 1.66. The number of aliphatic carboxylic acids is 2. The monoisotopic (exact) mass is 375 g/mol. The molecule has 0 aliphatic heterocycles. The summed E-state index contributed by atoms with van der Waals surface area (Å²) in [4.78, 5) is 68.0. The van der Waals surface area contributed by atoms with Gasteiger partial charge >= 0.3 is 11.9 Å². The average Bonchev–Trinajstić information content (AvgIpc) is 2.49. The zero-order valence-corrected chi connectivity index (χ0v) is 13.9. The van der Waals surface area contributed by atoms with Gasteiger partial charge in [0.2, 0.25) is 23.6 Å². The first kappa shape index (κ1) is 22.8. The number of carboxylic acids is 2. The number of carbonyl (C=O) groups excluding carboxylic acids is 4. The van der Waals surface area contributed by atoms with Gasteiger partial charge in [-0.1, -0.05) is 0 Å². The van der Waals surface area contributed by atoms with Crippen LogP contribution in [0.15, 0.2) is 0 Å². The Morgan fingerprint density at radius 1 is 0.846 bits per heavy atom. The van der Waals surface area contributed by atoms with Gasteiger partial charge in [-0.3, -0.25) is 28.8 Å². The molecule has 0 bridgehead atoms. The normalized spacial score (nSPS) is 13.6. The Labute approximate surface area is 147 Å².